The normalized spacial score (nSPS) is 30.2. The van der Waals surface area contributed by atoms with Gasteiger partial charge < -0.3 is 4.74 Å². The van der Waals surface area contributed by atoms with Gasteiger partial charge in [-0.1, -0.05) is 17.8 Å². The molecular weight excluding hydrogens is 248 g/mol. The summed E-state index contributed by atoms with van der Waals surface area (Å²) in [6, 6.07) is 0. The Labute approximate surface area is 112 Å². The van der Waals surface area contributed by atoms with Crippen LogP contribution in [-0.4, -0.2) is 21.9 Å². The zero-order valence-corrected chi connectivity index (χ0v) is 12.2. The molecule has 0 N–H and O–H groups in total. The zero-order chi connectivity index (χ0) is 13.5. The van der Waals surface area contributed by atoms with E-state index < -0.39 is 5.60 Å². The summed E-state index contributed by atoms with van der Waals surface area (Å²) >= 11 is 1.42. The predicted octanol–water partition coefficient (Wildman–Crippen LogP) is 2.94. The molecule has 0 aromatic rings. The molecule has 0 spiro atoms. The second-order valence-electron chi connectivity index (χ2n) is 6.10. The fourth-order valence-electron chi connectivity index (χ4n) is 2.75. The van der Waals surface area contributed by atoms with E-state index in [9.17, 15) is 9.59 Å². The van der Waals surface area contributed by atoms with E-state index in [1.165, 1.54) is 11.8 Å². The number of carbonyl (C=O) groups excluding carboxylic acids is 2. The summed E-state index contributed by atoms with van der Waals surface area (Å²) < 4.78 is 5.41. The topological polar surface area (TPSA) is 43.4 Å². The number of allylic oxidation sites excluding steroid dienone is 1. The summed E-state index contributed by atoms with van der Waals surface area (Å²) in [4.78, 5) is 23.1. The molecule has 0 aromatic carbocycles. The van der Waals surface area contributed by atoms with Gasteiger partial charge in [-0.25, -0.2) is 4.79 Å². The Morgan fingerprint density at radius 3 is 2.44 bits per heavy atom. The van der Waals surface area contributed by atoms with E-state index >= 15 is 0 Å². The maximum absolute atomic E-state index is 12.0. The first-order valence-electron chi connectivity index (χ1n) is 6.38. The van der Waals surface area contributed by atoms with Crippen LogP contribution in [0.25, 0.3) is 0 Å². The monoisotopic (exact) mass is 268 g/mol. The molecule has 1 saturated carbocycles. The van der Waals surface area contributed by atoms with Crippen molar-refractivity contribution in [1.82, 2.24) is 0 Å². The Morgan fingerprint density at radius 2 is 2.00 bits per heavy atom. The quantitative estimate of drug-likeness (QED) is 0.722. The van der Waals surface area contributed by atoms with Crippen LogP contribution >= 0.6 is 11.8 Å². The standard InChI is InChI=1S/C14H20O3S/c1-8(15)18-12-7-9-5-10(12)6-11(9)13(16)17-14(2,3)4/h6,9-10,12H,5,7H2,1-4H3. The Morgan fingerprint density at radius 1 is 1.33 bits per heavy atom. The molecular formula is C14H20O3S. The van der Waals surface area contributed by atoms with E-state index in [1.807, 2.05) is 26.8 Å². The second kappa shape index (κ2) is 4.72. The van der Waals surface area contributed by atoms with Gasteiger partial charge in [0.25, 0.3) is 0 Å². The molecule has 100 valence electrons. The number of rotatable bonds is 2. The molecule has 0 amide bonds. The van der Waals surface area contributed by atoms with Gasteiger partial charge in [-0.15, -0.1) is 0 Å². The molecule has 3 atom stereocenters. The highest BCUT2D eigenvalue weighted by Gasteiger charge is 2.44. The van der Waals surface area contributed by atoms with Crippen LogP contribution < -0.4 is 0 Å². The van der Waals surface area contributed by atoms with Gasteiger partial charge in [0.15, 0.2) is 5.12 Å². The number of ether oxygens (including phenoxy) is 1. The summed E-state index contributed by atoms with van der Waals surface area (Å²) in [5.41, 5.74) is 0.392. The molecule has 4 heteroatoms. The van der Waals surface area contributed by atoms with Crippen molar-refractivity contribution in [2.24, 2.45) is 11.8 Å². The van der Waals surface area contributed by atoms with Crippen molar-refractivity contribution in [2.75, 3.05) is 0 Å². The molecule has 3 nitrogen and oxygen atoms in total. The van der Waals surface area contributed by atoms with Gasteiger partial charge in [0.1, 0.15) is 5.60 Å². The number of fused-ring (bicyclic) bond motifs is 2. The smallest absolute Gasteiger partial charge is 0.334 e. The molecule has 2 bridgehead atoms. The van der Waals surface area contributed by atoms with E-state index in [2.05, 4.69) is 0 Å². The van der Waals surface area contributed by atoms with Crippen LogP contribution in [0.1, 0.15) is 40.5 Å². The highest BCUT2D eigenvalue weighted by molar-refractivity contribution is 8.14. The van der Waals surface area contributed by atoms with Crippen LogP contribution in [0.2, 0.25) is 0 Å². The lowest BCUT2D eigenvalue weighted by molar-refractivity contribution is -0.150. The van der Waals surface area contributed by atoms with Crippen molar-refractivity contribution < 1.29 is 14.3 Å². The fraction of sp³-hybridized carbons (Fsp3) is 0.714. The van der Waals surface area contributed by atoms with Crippen molar-refractivity contribution in [1.29, 1.82) is 0 Å². The van der Waals surface area contributed by atoms with Crippen LogP contribution in [0.3, 0.4) is 0 Å². The molecule has 18 heavy (non-hydrogen) atoms. The van der Waals surface area contributed by atoms with E-state index in [4.69, 9.17) is 4.74 Å². The summed E-state index contributed by atoms with van der Waals surface area (Å²) in [6.45, 7) is 7.25. The molecule has 2 aliphatic carbocycles. The molecule has 0 saturated heterocycles. The van der Waals surface area contributed by atoms with Crippen molar-refractivity contribution in [3.05, 3.63) is 11.6 Å². The van der Waals surface area contributed by atoms with Gasteiger partial charge in [0.2, 0.25) is 0 Å². The highest BCUT2D eigenvalue weighted by atomic mass is 32.2. The lowest BCUT2D eigenvalue weighted by Gasteiger charge is -2.23. The van der Waals surface area contributed by atoms with E-state index in [1.54, 1.807) is 6.92 Å². The number of carbonyl (C=O) groups is 2. The molecule has 0 aliphatic heterocycles. The molecule has 2 aliphatic rings. The minimum atomic E-state index is -0.437. The van der Waals surface area contributed by atoms with Gasteiger partial charge in [-0.2, -0.15) is 0 Å². The summed E-state index contributed by atoms with van der Waals surface area (Å²) in [5, 5.41) is 0.526. The lowest BCUT2D eigenvalue weighted by Crippen LogP contribution is -2.27. The third-order valence-electron chi connectivity index (χ3n) is 3.34. The van der Waals surface area contributed by atoms with Crippen molar-refractivity contribution >= 4 is 22.8 Å². The van der Waals surface area contributed by atoms with Crippen molar-refractivity contribution in [3.63, 3.8) is 0 Å². The Bertz CT molecular complexity index is 406. The average Bonchev–Trinajstić information content (AvgIpc) is 2.72. The minimum Gasteiger partial charge on any atom is -0.457 e. The summed E-state index contributed by atoms with van der Waals surface area (Å²) in [7, 11) is 0. The third-order valence-corrected chi connectivity index (χ3v) is 4.51. The average molecular weight is 268 g/mol. The second-order valence-corrected chi connectivity index (χ2v) is 7.52. The third kappa shape index (κ3) is 2.97. The molecule has 3 unspecified atom stereocenters. The predicted molar refractivity (Wildman–Crippen MR) is 72.2 cm³/mol. The molecule has 0 aromatic heterocycles. The van der Waals surface area contributed by atoms with Crippen LogP contribution in [0.4, 0.5) is 0 Å². The van der Waals surface area contributed by atoms with E-state index in [-0.39, 0.29) is 11.1 Å². The van der Waals surface area contributed by atoms with E-state index in [0.29, 0.717) is 17.1 Å². The Balaban J connectivity index is 2.01. The molecule has 1 fully saturated rings. The van der Waals surface area contributed by atoms with Gasteiger partial charge >= 0.3 is 5.97 Å². The summed E-state index contributed by atoms with van der Waals surface area (Å²) in [6.07, 6.45) is 3.96. The van der Waals surface area contributed by atoms with Crippen molar-refractivity contribution in [3.8, 4) is 0 Å². The summed E-state index contributed by atoms with van der Waals surface area (Å²) in [5.74, 6) is 0.481. The van der Waals surface area contributed by atoms with Gasteiger partial charge in [0.05, 0.1) is 0 Å². The highest BCUT2D eigenvalue weighted by Crippen LogP contribution is 2.49. The number of hydrogen-bond donors (Lipinski definition) is 0. The van der Waals surface area contributed by atoms with E-state index in [0.717, 1.165) is 18.4 Å². The largest absolute Gasteiger partial charge is 0.457 e. The number of hydrogen-bond acceptors (Lipinski definition) is 4. The molecule has 0 heterocycles. The molecule has 2 rings (SSSR count). The number of thioether (sulfide) groups is 1. The first-order valence-corrected chi connectivity index (χ1v) is 7.26. The Kier molecular flexibility index (Phi) is 3.58. The maximum atomic E-state index is 12.0. The zero-order valence-electron chi connectivity index (χ0n) is 11.4. The van der Waals surface area contributed by atoms with Crippen LogP contribution in [0, 0.1) is 11.8 Å². The molecule has 0 radical (unpaired) electrons. The van der Waals surface area contributed by atoms with Gasteiger partial charge in [-0.3, -0.25) is 4.79 Å². The van der Waals surface area contributed by atoms with Crippen LogP contribution in [0.5, 0.6) is 0 Å². The van der Waals surface area contributed by atoms with Crippen LogP contribution in [0.15, 0.2) is 11.6 Å². The van der Waals surface area contributed by atoms with Crippen LogP contribution in [-0.2, 0) is 14.3 Å². The van der Waals surface area contributed by atoms with Gasteiger partial charge in [0, 0.05) is 17.7 Å². The first-order chi connectivity index (χ1) is 8.26. The fourth-order valence-corrected chi connectivity index (χ4v) is 3.87. The lowest BCUT2D eigenvalue weighted by atomic mass is 9.98. The van der Waals surface area contributed by atoms with Crippen molar-refractivity contribution in [2.45, 2.75) is 51.4 Å². The number of esters is 1. The SMILES string of the molecule is CC(=O)SC1CC2CC1C=C2C(=O)OC(C)(C)C. The Hall–Kier alpha value is -0.770. The van der Waals surface area contributed by atoms with Gasteiger partial charge in [-0.05, 0) is 45.4 Å². The minimum absolute atomic E-state index is 0.166. The maximum Gasteiger partial charge on any atom is 0.334 e. The first kappa shape index (κ1) is 13.7.